The topological polar surface area (TPSA) is 42.0 Å². The van der Waals surface area contributed by atoms with Gasteiger partial charge in [-0.2, -0.15) is 0 Å². The first kappa shape index (κ1) is 13.6. The molecule has 0 saturated carbocycles. The molecule has 0 saturated heterocycles. The molecule has 1 amide bonds. The van der Waals surface area contributed by atoms with Gasteiger partial charge in [-0.25, -0.2) is 0 Å². The maximum absolute atomic E-state index is 12.3. The smallest absolute Gasteiger partial charge is 0.255 e. The summed E-state index contributed by atoms with van der Waals surface area (Å²) in [5.41, 5.74) is 3.23. The molecule has 3 nitrogen and oxygen atoms in total. The monoisotopic (exact) mass is 296 g/mol. The van der Waals surface area contributed by atoms with Gasteiger partial charge in [-0.05, 0) is 43.3 Å². The Bertz CT molecular complexity index is 813. The lowest BCUT2D eigenvalue weighted by atomic mass is 10.1. The van der Waals surface area contributed by atoms with Crippen molar-refractivity contribution in [2.24, 2.45) is 0 Å². The first-order valence-electron chi connectivity index (χ1n) is 6.56. The van der Waals surface area contributed by atoms with E-state index in [2.05, 4.69) is 10.3 Å². The number of nitrogens with zero attached hydrogens (tertiary/aromatic N) is 1. The molecule has 0 spiro atoms. The largest absolute Gasteiger partial charge is 0.321 e. The predicted octanol–water partition coefficient (Wildman–Crippen LogP) is 4.45. The Balaban J connectivity index is 1.96. The van der Waals surface area contributed by atoms with E-state index in [1.165, 1.54) is 0 Å². The number of aromatic nitrogens is 1. The van der Waals surface area contributed by atoms with Crippen molar-refractivity contribution in [1.29, 1.82) is 0 Å². The van der Waals surface area contributed by atoms with Crippen molar-refractivity contribution in [2.75, 3.05) is 5.32 Å². The number of carbonyl (C=O) groups excluding carboxylic acids is 1. The van der Waals surface area contributed by atoms with Gasteiger partial charge >= 0.3 is 0 Å². The van der Waals surface area contributed by atoms with E-state index in [1.807, 2.05) is 25.1 Å². The average molecular weight is 297 g/mol. The van der Waals surface area contributed by atoms with Gasteiger partial charge in [0.05, 0.1) is 11.2 Å². The first-order valence-corrected chi connectivity index (χ1v) is 6.93. The zero-order valence-electron chi connectivity index (χ0n) is 11.4. The van der Waals surface area contributed by atoms with Gasteiger partial charge in [0.2, 0.25) is 0 Å². The van der Waals surface area contributed by atoms with Crippen LogP contribution in [0.1, 0.15) is 15.9 Å². The average Bonchev–Trinajstić information content (AvgIpc) is 2.48. The summed E-state index contributed by atoms with van der Waals surface area (Å²) in [4.78, 5) is 16.6. The second kappa shape index (κ2) is 5.54. The number of hydrogen-bond acceptors (Lipinski definition) is 2. The van der Waals surface area contributed by atoms with Crippen LogP contribution in [0.5, 0.6) is 0 Å². The summed E-state index contributed by atoms with van der Waals surface area (Å²) in [5.74, 6) is -0.150. The molecule has 0 aliphatic carbocycles. The highest BCUT2D eigenvalue weighted by molar-refractivity contribution is 6.31. The van der Waals surface area contributed by atoms with Gasteiger partial charge in [-0.3, -0.25) is 9.78 Å². The summed E-state index contributed by atoms with van der Waals surface area (Å²) in [6, 6.07) is 14.6. The number of amides is 1. The molecule has 3 aromatic rings. The van der Waals surface area contributed by atoms with Crippen molar-refractivity contribution in [3.8, 4) is 0 Å². The number of nitrogens with one attached hydrogen (secondary N) is 1. The summed E-state index contributed by atoms with van der Waals surface area (Å²) in [5, 5.41) is 4.35. The molecule has 0 atom stereocenters. The molecule has 1 heterocycles. The maximum Gasteiger partial charge on any atom is 0.255 e. The van der Waals surface area contributed by atoms with E-state index >= 15 is 0 Å². The number of aryl methyl sites for hydroxylation is 1. The van der Waals surface area contributed by atoms with E-state index in [0.29, 0.717) is 16.3 Å². The quantitative estimate of drug-likeness (QED) is 0.759. The second-order valence-electron chi connectivity index (χ2n) is 4.84. The van der Waals surface area contributed by atoms with Crippen LogP contribution in [0.25, 0.3) is 10.9 Å². The number of carbonyl (C=O) groups is 1. The Morgan fingerprint density at radius 1 is 1.10 bits per heavy atom. The van der Waals surface area contributed by atoms with Crippen LogP contribution in [0.2, 0.25) is 5.02 Å². The number of anilines is 1. The summed E-state index contributed by atoms with van der Waals surface area (Å²) in [6.07, 6.45) is 1.67. The summed E-state index contributed by atoms with van der Waals surface area (Å²) < 4.78 is 0. The lowest BCUT2D eigenvalue weighted by molar-refractivity contribution is 0.102. The fourth-order valence-electron chi connectivity index (χ4n) is 2.13. The summed E-state index contributed by atoms with van der Waals surface area (Å²) >= 11 is 6.02. The number of hydrogen-bond donors (Lipinski definition) is 1. The zero-order chi connectivity index (χ0) is 14.8. The number of rotatable bonds is 2. The third kappa shape index (κ3) is 2.88. The van der Waals surface area contributed by atoms with Gasteiger partial charge in [-0.15, -0.1) is 0 Å². The molecule has 0 radical (unpaired) electrons. The molecule has 0 aliphatic heterocycles. The molecule has 0 fully saturated rings. The molecule has 1 N–H and O–H groups in total. The molecule has 4 heteroatoms. The molecule has 104 valence electrons. The van der Waals surface area contributed by atoms with Crippen LogP contribution in [0.15, 0.2) is 54.7 Å². The molecular formula is C17H13ClN2O. The van der Waals surface area contributed by atoms with Crippen LogP contribution in [0.3, 0.4) is 0 Å². The van der Waals surface area contributed by atoms with E-state index in [0.717, 1.165) is 16.5 Å². The Labute approximate surface area is 127 Å². The Kier molecular flexibility index (Phi) is 3.59. The fourth-order valence-corrected chi connectivity index (χ4v) is 2.30. The van der Waals surface area contributed by atoms with Crippen LogP contribution in [0.4, 0.5) is 5.69 Å². The van der Waals surface area contributed by atoms with E-state index in [1.54, 1.807) is 36.5 Å². The van der Waals surface area contributed by atoms with Gasteiger partial charge in [0.15, 0.2) is 0 Å². The summed E-state index contributed by atoms with van der Waals surface area (Å²) in [6.45, 7) is 1.99. The Hall–Kier alpha value is -2.39. The van der Waals surface area contributed by atoms with Crippen molar-refractivity contribution in [1.82, 2.24) is 4.98 Å². The number of halogens is 1. The highest BCUT2D eigenvalue weighted by Crippen LogP contribution is 2.25. The van der Waals surface area contributed by atoms with Gasteiger partial charge in [0, 0.05) is 22.2 Å². The number of pyridine rings is 1. The third-order valence-corrected chi connectivity index (χ3v) is 3.50. The molecule has 3 rings (SSSR count). The van der Waals surface area contributed by atoms with E-state index < -0.39 is 0 Å². The van der Waals surface area contributed by atoms with Gasteiger partial charge < -0.3 is 5.32 Å². The van der Waals surface area contributed by atoms with E-state index in [9.17, 15) is 4.79 Å². The van der Waals surface area contributed by atoms with Crippen molar-refractivity contribution in [2.45, 2.75) is 6.92 Å². The highest BCUT2D eigenvalue weighted by atomic mass is 35.5. The maximum atomic E-state index is 12.3. The summed E-state index contributed by atoms with van der Waals surface area (Å²) in [7, 11) is 0. The molecule has 0 bridgehead atoms. The van der Waals surface area contributed by atoms with Crippen molar-refractivity contribution in [3.63, 3.8) is 0 Å². The normalized spacial score (nSPS) is 10.6. The zero-order valence-corrected chi connectivity index (χ0v) is 12.2. The minimum atomic E-state index is -0.150. The number of fused-ring (bicyclic) bond motifs is 1. The SMILES string of the molecule is Cc1ccc(C(=O)Nc2ccnc3ccc(Cl)cc23)cc1. The molecular weight excluding hydrogens is 284 g/mol. The van der Waals surface area contributed by atoms with E-state index in [4.69, 9.17) is 11.6 Å². The van der Waals surface area contributed by atoms with Crippen LogP contribution in [0, 0.1) is 6.92 Å². The molecule has 0 aliphatic rings. The predicted molar refractivity (Wildman–Crippen MR) is 85.9 cm³/mol. The van der Waals surface area contributed by atoms with Crippen LogP contribution < -0.4 is 5.32 Å². The van der Waals surface area contributed by atoms with Gasteiger partial charge in [-0.1, -0.05) is 29.3 Å². The van der Waals surface area contributed by atoms with Crippen molar-refractivity contribution in [3.05, 3.63) is 70.9 Å². The fraction of sp³-hybridized carbons (Fsp3) is 0.0588. The minimum Gasteiger partial charge on any atom is -0.321 e. The third-order valence-electron chi connectivity index (χ3n) is 3.27. The molecule has 1 aromatic heterocycles. The van der Waals surface area contributed by atoms with Crippen molar-refractivity contribution >= 4 is 34.1 Å². The first-order chi connectivity index (χ1) is 10.1. The Morgan fingerprint density at radius 3 is 2.62 bits per heavy atom. The standard InChI is InChI=1S/C17H13ClN2O/c1-11-2-4-12(5-3-11)17(21)20-16-8-9-19-15-7-6-13(18)10-14(15)16/h2-10H,1H3,(H,19,20,21). The minimum absolute atomic E-state index is 0.150. The van der Waals surface area contributed by atoms with Crippen LogP contribution in [-0.4, -0.2) is 10.9 Å². The Morgan fingerprint density at radius 2 is 1.86 bits per heavy atom. The van der Waals surface area contributed by atoms with Gasteiger partial charge in [0.1, 0.15) is 0 Å². The lowest BCUT2D eigenvalue weighted by Crippen LogP contribution is -2.12. The van der Waals surface area contributed by atoms with Crippen molar-refractivity contribution < 1.29 is 4.79 Å². The van der Waals surface area contributed by atoms with Crippen LogP contribution in [-0.2, 0) is 0 Å². The number of benzene rings is 2. The van der Waals surface area contributed by atoms with Gasteiger partial charge in [0.25, 0.3) is 5.91 Å². The second-order valence-corrected chi connectivity index (χ2v) is 5.28. The molecule has 0 unspecified atom stereocenters. The highest BCUT2D eigenvalue weighted by Gasteiger charge is 2.09. The molecule has 21 heavy (non-hydrogen) atoms. The lowest BCUT2D eigenvalue weighted by Gasteiger charge is -2.09. The van der Waals surface area contributed by atoms with E-state index in [-0.39, 0.29) is 5.91 Å². The molecule has 2 aromatic carbocycles. The van der Waals surface area contributed by atoms with Crippen LogP contribution >= 0.6 is 11.6 Å².